The van der Waals surface area contributed by atoms with Crippen LogP contribution in [0.4, 0.5) is 4.39 Å². The molecule has 5 heteroatoms. The Kier molecular flexibility index (Phi) is 3.54. The zero-order chi connectivity index (χ0) is 12.3. The van der Waals surface area contributed by atoms with Crippen LogP contribution in [0.3, 0.4) is 0 Å². The summed E-state index contributed by atoms with van der Waals surface area (Å²) in [6.45, 7) is 2.36. The molecular weight excluding hydrogens is 243 g/mol. The van der Waals surface area contributed by atoms with Crippen LogP contribution in [0.1, 0.15) is 6.92 Å². The fourth-order valence-corrected chi connectivity index (χ4v) is 1.61. The number of benzene rings is 1. The molecule has 0 bridgehead atoms. The smallest absolute Gasteiger partial charge is 0.186 e. The quantitative estimate of drug-likeness (QED) is 0.786. The monoisotopic (exact) mass is 252 g/mol. The highest BCUT2D eigenvalue weighted by molar-refractivity contribution is 6.29. The summed E-state index contributed by atoms with van der Waals surface area (Å²) in [5.74, 6) is -0.0648. The topological polar surface area (TPSA) is 35.0 Å². The van der Waals surface area contributed by atoms with E-state index < -0.39 is 5.82 Å². The Hall–Kier alpha value is -1.68. The number of para-hydroxylation sites is 1. The van der Waals surface area contributed by atoms with Crippen molar-refractivity contribution in [1.29, 1.82) is 0 Å². The van der Waals surface area contributed by atoms with E-state index in [2.05, 4.69) is 9.97 Å². The summed E-state index contributed by atoms with van der Waals surface area (Å²) in [5, 5.41) is -0.193. The van der Waals surface area contributed by atoms with Gasteiger partial charge in [-0.3, -0.25) is 0 Å². The molecule has 0 spiro atoms. The largest absolute Gasteiger partial charge is 0.493 e. The lowest BCUT2D eigenvalue weighted by molar-refractivity contribution is 0.341. The maximum absolute atomic E-state index is 13.8. The molecule has 0 saturated heterocycles. The Morgan fingerprint density at radius 1 is 1.29 bits per heavy atom. The van der Waals surface area contributed by atoms with Crippen LogP contribution < -0.4 is 4.74 Å². The van der Waals surface area contributed by atoms with E-state index in [1.54, 1.807) is 18.2 Å². The zero-order valence-electron chi connectivity index (χ0n) is 9.15. The van der Waals surface area contributed by atoms with Gasteiger partial charge in [-0.25, -0.2) is 14.4 Å². The van der Waals surface area contributed by atoms with E-state index in [-0.39, 0.29) is 10.8 Å². The second kappa shape index (κ2) is 5.10. The van der Waals surface area contributed by atoms with Gasteiger partial charge in [0, 0.05) is 5.56 Å². The normalized spacial score (nSPS) is 10.3. The first-order valence-corrected chi connectivity index (χ1v) is 5.50. The van der Waals surface area contributed by atoms with Crippen LogP contribution in [-0.2, 0) is 0 Å². The highest BCUT2D eigenvalue weighted by atomic mass is 35.5. The van der Waals surface area contributed by atoms with Crippen LogP contribution in [-0.4, -0.2) is 16.6 Å². The average Bonchev–Trinajstić information content (AvgIpc) is 2.34. The predicted molar refractivity (Wildman–Crippen MR) is 63.6 cm³/mol. The van der Waals surface area contributed by atoms with Crippen LogP contribution in [0, 0.1) is 5.82 Å². The molecular formula is C12H10ClFN2O. The standard InChI is InChI=1S/C12H10ClFN2O/c1-2-17-9-6-4-3-5-8(9)11-10(14)12(13)16-7-15-11/h3-7H,2H2,1H3. The number of hydrogen-bond acceptors (Lipinski definition) is 3. The van der Waals surface area contributed by atoms with E-state index in [0.29, 0.717) is 17.9 Å². The van der Waals surface area contributed by atoms with Crippen molar-refractivity contribution in [3.05, 3.63) is 41.6 Å². The van der Waals surface area contributed by atoms with Crippen LogP contribution in [0.5, 0.6) is 5.75 Å². The van der Waals surface area contributed by atoms with Crippen molar-refractivity contribution in [3.63, 3.8) is 0 Å². The predicted octanol–water partition coefficient (Wildman–Crippen LogP) is 3.33. The van der Waals surface area contributed by atoms with Gasteiger partial charge in [-0.15, -0.1) is 0 Å². The van der Waals surface area contributed by atoms with Crippen molar-refractivity contribution in [2.45, 2.75) is 6.92 Å². The minimum atomic E-state index is -0.638. The summed E-state index contributed by atoms with van der Waals surface area (Å²) in [7, 11) is 0. The van der Waals surface area contributed by atoms with Crippen LogP contribution in [0.2, 0.25) is 5.15 Å². The van der Waals surface area contributed by atoms with Crippen molar-refractivity contribution in [1.82, 2.24) is 9.97 Å². The highest BCUT2D eigenvalue weighted by Gasteiger charge is 2.14. The van der Waals surface area contributed by atoms with Crippen LogP contribution >= 0.6 is 11.6 Å². The lowest BCUT2D eigenvalue weighted by Gasteiger charge is -2.09. The lowest BCUT2D eigenvalue weighted by Crippen LogP contribution is -1.98. The number of aromatic nitrogens is 2. The number of nitrogens with zero attached hydrogens (tertiary/aromatic N) is 2. The Morgan fingerprint density at radius 3 is 2.82 bits per heavy atom. The fraction of sp³-hybridized carbons (Fsp3) is 0.167. The molecule has 17 heavy (non-hydrogen) atoms. The molecule has 0 unspecified atom stereocenters. The van der Waals surface area contributed by atoms with Gasteiger partial charge in [0.1, 0.15) is 17.8 Å². The van der Waals surface area contributed by atoms with E-state index in [0.717, 1.165) is 0 Å². The Morgan fingerprint density at radius 2 is 2.06 bits per heavy atom. The SMILES string of the molecule is CCOc1ccccc1-c1ncnc(Cl)c1F. The Labute approximate surface area is 103 Å². The molecule has 1 aromatic carbocycles. The summed E-state index contributed by atoms with van der Waals surface area (Å²) in [4.78, 5) is 7.48. The average molecular weight is 253 g/mol. The van der Waals surface area contributed by atoms with E-state index in [4.69, 9.17) is 16.3 Å². The molecule has 0 fully saturated rings. The number of ether oxygens (including phenoxy) is 1. The molecule has 0 aliphatic carbocycles. The number of rotatable bonds is 3. The van der Waals surface area contributed by atoms with Crippen molar-refractivity contribution in [2.24, 2.45) is 0 Å². The fourth-order valence-electron chi connectivity index (χ4n) is 1.48. The molecule has 1 heterocycles. The van der Waals surface area contributed by atoms with Crippen molar-refractivity contribution in [2.75, 3.05) is 6.61 Å². The molecule has 0 radical (unpaired) electrons. The van der Waals surface area contributed by atoms with E-state index >= 15 is 0 Å². The van der Waals surface area contributed by atoms with Gasteiger partial charge in [-0.05, 0) is 19.1 Å². The third-order valence-electron chi connectivity index (χ3n) is 2.19. The first-order chi connectivity index (χ1) is 8.24. The van der Waals surface area contributed by atoms with Gasteiger partial charge < -0.3 is 4.74 Å². The summed E-state index contributed by atoms with van der Waals surface area (Å²) in [5.41, 5.74) is 0.713. The third-order valence-corrected chi connectivity index (χ3v) is 2.45. The second-order valence-electron chi connectivity index (χ2n) is 3.26. The van der Waals surface area contributed by atoms with Crippen molar-refractivity contribution < 1.29 is 9.13 Å². The van der Waals surface area contributed by atoms with Gasteiger partial charge in [-0.2, -0.15) is 0 Å². The molecule has 0 aliphatic rings. The maximum Gasteiger partial charge on any atom is 0.186 e. The van der Waals surface area contributed by atoms with Crippen molar-refractivity contribution in [3.8, 4) is 17.0 Å². The summed E-state index contributed by atoms with van der Waals surface area (Å²) in [6.07, 6.45) is 1.23. The number of halogens is 2. The van der Waals surface area contributed by atoms with Crippen LogP contribution in [0.15, 0.2) is 30.6 Å². The maximum atomic E-state index is 13.8. The molecule has 2 rings (SSSR count). The van der Waals surface area contributed by atoms with Gasteiger partial charge >= 0.3 is 0 Å². The molecule has 0 aliphatic heterocycles. The summed E-state index contributed by atoms with van der Waals surface area (Å²) in [6, 6.07) is 7.09. The van der Waals surface area contributed by atoms with E-state index in [1.165, 1.54) is 6.33 Å². The molecule has 0 saturated carbocycles. The molecule has 88 valence electrons. The highest BCUT2D eigenvalue weighted by Crippen LogP contribution is 2.31. The lowest BCUT2D eigenvalue weighted by atomic mass is 10.1. The van der Waals surface area contributed by atoms with E-state index in [9.17, 15) is 4.39 Å². The van der Waals surface area contributed by atoms with Gasteiger partial charge in [0.2, 0.25) is 0 Å². The first-order valence-electron chi connectivity index (χ1n) is 5.12. The Balaban J connectivity index is 2.56. The van der Waals surface area contributed by atoms with Gasteiger partial charge in [-0.1, -0.05) is 23.7 Å². The molecule has 3 nitrogen and oxygen atoms in total. The van der Waals surface area contributed by atoms with Crippen LogP contribution in [0.25, 0.3) is 11.3 Å². The van der Waals surface area contributed by atoms with Gasteiger partial charge in [0.15, 0.2) is 11.0 Å². The molecule has 1 aromatic heterocycles. The molecule has 0 atom stereocenters. The van der Waals surface area contributed by atoms with Crippen molar-refractivity contribution >= 4 is 11.6 Å². The third kappa shape index (κ3) is 2.36. The molecule has 2 aromatic rings. The number of hydrogen-bond donors (Lipinski definition) is 0. The zero-order valence-corrected chi connectivity index (χ0v) is 9.91. The summed E-state index contributed by atoms with van der Waals surface area (Å²) >= 11 is 5.63. The van der Waals surface area contributed by atoms with Gasteiger partial charge in [0.05, 0.1) is 6.61 Å². The first kappa shape index (κ1) is 11.8. The second-order valence-corrected chi connectivity index (χ2v) is 3.61. The van der Waals surface area contributed by atoms with E-state index in [1.807, 2.05) is 13.0 Å². The molecule has 0 amide bonds. The molecule has 0 N–H and O–H groups in total. The Bertz CT molecular complexity index is 534. The summed E-state index contributed by atoms with van der Waals surface area (Å²) < 4.78 is 19.2. The van der Waals surface area contributed by atoms with Gasteiger partial charge in [0.25, 0.3) is 0 Å². The minimum absolute atomic E-state index is 0.147. The minimum Gasteiger partial charge on any atom is -0.493 e.